The van der Waals surface area contributed by atoms with Crippen molar-refractivity contribution < 1.29 is 27.8 Å². The van der Waals surface area contributed by atoms with Gasteiger partial charge in [0.1, 0.15) is 5.75 Å². The highest BCUT2D eigenvalue weighted by molar-refractivity contribution is 5.94. The molecule has 0 saturated heterocycles. The highest BCUT2D eigenvalue weighted by Gasteiger charge is 2.31. The molecule has 0 aliphatic heterocycles. The van der Waals surface area contributed by atoms with Crippen molar-refractivity contribution >= 4 is 5.91 Å². The minimum absolute atomic E-state index is 0.0202. The lowest BCUT2D eigenvalue weighted by molar-refractivity contribution is -0.274. The molecule has 0 fully saturated rings. The molecule has 0 radical (unpaired) electrons. The number of hydrogen-bond donors (Lipinski definition) is 2. The van der Waals surface area contributed by atoms with Crippen molar-refractivity contribution in [1.29, 1.82) is 0 Å². The van der Waals surface area contributed by atoms with Crippen LogP contribution in [0.4, 0.5) is 13.2 Å². The van der Waals surface area contributed by atoms with Gasteiger partial charge in [0, 0.05) is 24.1 Å². The van der Waals surface area contributed by atoms with Gasteiger partial charge in [-0.2, -0.15) is 0 Å². The van der Waals surface area contributed by atoms with Gasteiger partial charge in [-0.25, -0.2) is 0 Å². The molecule has 2 N–H and O–H groups in total. The van der Waals surface area contributed by atoms with Gasteiger partial charge < -0.3 is 15.2 Å². The molecule has 21 heavy (non-hydrogen) atoms. The average Bonchev–Trinajstić information content (AvgIpc) is 2.85. The van der Waals surface area contributed by atoms with Gasteiger partial charge in [0.25, 0.3) is 5.91 Å². The fourth-order valence-corrected chi connectivity index (χ4v) is 2.08. The quantitative estimate of drug-likeness (QED) is 0.839. The first-order chi connectivity index (χ1) is 9.87. The van der Waals surface area contributed by atoms with E-state index in [4.69, 9.17) is 5.11 Å². The number of nitrogens with one attached hydrogen (secondary N) is 1. The summed E-state index contributed by atoms with van der Waals surface area (Å²) in [6.07, 6.45) is -0.527. The lowest BCUT2D eigenvalue weighted by Crippen LogP contribution is -2.32. The van der Waals surface area contributed by atoms with Gasteiger partial charge in [0.15, 0.2) is 0 Å². The number of aliphatic hydroxyl groups excluding tert-OH is 1. The molecule has 1 amide bonds. The highest BCUT2D eigenvalue weighted by atomic mass is 19.4. The Morgan fingerprint density at radius 1 is 1.29 bits per heavy atom. The maximum atomic E-state index is 12.0. The molecule has 2 rings (SSSR count). The number of ether oxygens (including phenoxy) is 1. The van der Waals surface area contributed by atoms with Crippen molar-refractivity contribution in [2.45, 2.75) is 18.8 Å². The van der Waals surface area contributed by atoms with Crippen LogP contribution >= 0.6 is 0 Å². The van der Waals surface area contributed by atoms with Gasteiger partial charge in [-0.1, -0.05) is 12.2 Å². The Morgan fingerprint density at radius 2 is 1.95 bits per heavy atom. The minimum atomic E-state index is -4.75. The summed E-state index contributed by atoms with van der Waals surface area (Å²) in [7, 11) is 0. The molecule has 1 aromatic carbocycles. The minimum Gasteiger partial charge on any atom is -0.406 e. The topological polar surface area (TPSA) is 58.6 Å². The van der Waals surface area contributed by atoms with Crippen LogP contribution in [0.1, 0.15) is 16.8 Å². The Bertz CT molecular complexity index is 525. The van der Waals surface area contributed by atoms with E-state index in [2.05, 4.69) is 10.1 Å². The van der Waals surface area contributed by atoms with E-state index in [9.17, 15) is 18.0 Å². The third kappa shape index (κ3) is 4.49. The second kappa shape index (κ2) is 6.17. The standard InChI is InChI=1S/C14H14F3NO3/c15-14(16,17)21-12-5-2-10(3-6-12)13(20)18-11-4-1-9(7-11)8-19/h1-6,9,11,19H,7-8H2,(H,18,20)/t9-,11+/m0/s1. The molecule has 2 atom stereocenters. The summed E-state index contributed by atoms with van der Waals surface area (Å²) in [4.78, 5) is 11.9. The van der Waals surface area contributed by atoms with Crippen LogP contribution < -0.4 is 10.1 Å². The lowest BCUT2D eigenvalue weighted by atomic mass is 10.1. The molecule has 1 aliphatic rings. The predicted octanol–water partition coefficient (Wildman–Crippen LogP) is 2.25. The van der Waals surface area contributed by atoms with Crippen molar-refractivity contribution in [2.24, 2.45) is 5.92 Å². The summed E-state index contributed by atoms with van der Waals surface area (Å²) in [5.74, 6) is -0.736. The zero-order valence-electron chi connectivity index (χ0n) is 10.9. The number of amides is 1. The number of carbonyl (C=O) groups excluding carboxylic acids is 1. The fraction of sp³-hybridized carbons (Fsp3) is 0.357. The molecule has 0 saturated carbocycles. The molecule has 1 aliphatic carbocycles. The van der Waals surface area contributed by atoms with E-state index in [1.807, 2.05) is 6.08 Å². The summed E-state index contributed by atoms with van der Waals surface area (Å²) >= 11 is 0. The SMILES string of the molecule is O=C(N[C@@H]1C=C[C@H](CO)C1)c1ccc(OC(F)(F)F)cc1. The molecule has 114 valence electrons. The van der Waals surface area contributed by atoms with Gasteiger partial charge in [0.2, 0.25) is 0 Å². The second-order valence-corrected chi connectivity index (χ2v) is 4.72. The number of aliphatic hydroxyl groups is 1. The Balaban J connectivity index is 1.93. The first-order valence-corrected chi connectivity index (χ1v) is 6.33. The first-order valence-electron chi connectivity index (χ1n) is 6.33. The van der Waals surface area contributed by atoms with E-state index >= 15 is 0 Å². The fourth-order valence-electron chi connectivity index (χ4n) is 2.08. The number of carbonyl (C=O) groups is 1. The summed E-state index contributed by atoms with van der Waals surface area (Å²) in [5, 5.41) is 11.7. The summed E-state index contributed by atoms with van der Waals surface area (Å²) in [6.45, 7) is 0.0202. The monoisotopic (exact) mass is 301 g/mol. The summed E-state index contributed by atoms with van der Waals surface area (Å²) in [6, 6.07) is 4.52. The summed E-state index contributed by atoms with van der Waals surface area (Å²) in [5.41, 5.74) is 0.241. The van der Waals surface area contributed by atoms with E-state index in [0.29, 0.717) is 6.42 Å². The normalized spacial score (nSPS) is 21.3. The van der Waals surface area contributed by atoms with Crippen molar-refractivity contribution in [3.8, 4) is 5.75 Å². The smallest absolute Gasteiger partial charge is 0.406 e. The molecular formula is C14H14F3NO3. The largest absolute Gasteiger partial charge is 0.573 e. The van der Waals surface area contributed by atoms with Gasteiger partial charge in [-0.3, -0.25) is 4.79 Å². The molecule has 1 aromatic rings. The zero-order chi connectivity index (χ0) is 15.5. The number of alkyl halides is 3. The molecule has 0 bridgehead atoms. The second-order valence-electron chi connectivity index (χ2n) is 4.72. The van der Waals surface area contributed by atoms with Crippen LogP contribution in [0.3, 0.4) is 0 Å². The average molecular weight is 301 g/mol. The Hall–Kier alpha value is -2.02. The van der Waals surface area contributed by atoms with E-state index < -0.39 is 6.36 Å². The molecular weight excluding hydrogens is 287 g/mol. The Kier molecular flexibility index (Phi) is 4.52. The van der Waals surface area contributed by atoms with Crippen LogP contribution in [0.2, 0.25) is 0 Å². The van der Waals surface area contributed by atoms with Gasteiger partial charge in [0.05, 0.1) is 0 Å². The van der Waals surface area contributed by atoms with E-state index in [0.717, 1.165) is 12.1 Å². The maximum Gasteiger partial charge on any atom is 0.573 e. The van der Waals surface area contributed by atoms with Crippen molar-refractivity contribution in [2.75, 3.05) is 6.61 Å². The molecule has 0 heterocycles. The zero-order valence-corrected chi connectivity index (χ0v) is 10.9. The van der Waals surface area contributed by atoms with Gasteiger partial charge in [-0.15, -0.1) is 13.2 Å². The number of hydrogen-bond acceptors (Lipinski definition) is 3. The van der Waals surface area contributed by atoms with E-state index in [-0.39, 0.29) is 35.8 Å². The van der Waals surface area contributed by atoms with Crippen LogP contribution in [0.15, 0.2) is 36.4 Å². The summed E-state index contributed by atoms with van der Waals surface area (Å²) < 4.78 is 39.8. The Morgan fingerprint density at radius 3 is 2.48 bits per heavy atom. The number of benzene rings is 1. The molecule has 0 spiro atoms. The van der Waals surface area contributed by atoms with Crippen LogP contribution in [0, 0.1) is 5.92 Å². The predicted molar refractivity (Wildman–Crippen MR) is 68.7 cm³/mol. The van der Waals surface area contributed by atoms with E-state index in [1.54, 1.807) is 6.08 Å². The maximum absolute atomic E-state index is 12.0. The molecule has 4 nitrogen and oxygen atoms in total. The van der Waals surface area contributed by atoms with E-state index in [1.165, 1.54) is 12.1 Å². The third-order valence-corrected chi connectivity index (χ3v) is 3.07. The third-order valence-electron chi connectivity index (χ3n) is 3.07. The van der Waals surface area contributed by atoms with Crippen molar-refractivity contribution in [3.05, 3.63) is 42.0 Å². The lowest BCUT2D eigenvalue weighted by Gasteiger charge is -2.13. The number of halogens is 3. The van der Waals surface area contributed by atoms with Gasteiger partial charge >= 0.3 is 6.36 Å². The Labute approximate surface area is 119 Å². The van der Waals surface area contributed by atoms with Gasteiger partial charge in [-0.05, 0) is 30.7 Å². The highest BCUT2D eigenvalue weighted by Crippen LogP contribution is 2.23. The van der Waals surface area contributed by atoms with Crippen molar-refractivity contribution in [1.82, 2.24) is 5.32 Å². The van der Waals surface area contributed by atoms with Crippen LogP contribution in [-0.4, -0.2) is 30.0 Å². The van der Waals surface area contributed by atoms with Crippen molar-refractivity contribution in [3.63, 3.8) is 0 Å². The number of rotatable bonds is 4. The van der Waals surface area contributed by atoms with Crippen LogP contribution in [0.5, 0.6) is 5.75 Å². The molecule has 0 aromatic heterocycles. The molecule has 0 unspecified atom stereocenters. The van der Waals surface area contributed by atoms with Crippen LogP contribution in [0.25, 0.3) is 0 Å². The first kappa shape index (κ1) is 15.4. The molecule has 7 heteroatoms. The van der Waals surface area contributed by atoms with Crippen LogP contribution in [-0.2, 0) is 0 Å².